The summed E-state index contributed by atoms with van der Waals surface area (Å²) in [7, 11) is 0. The van der Waals surface area contributed by atoms with E-state index in [0.29, 0.717) is 17.0 Å². The molecule has 1 saturated heterocycles. The van der Waals surface area contributed by atoms with Gasteiger partial charge in [0, 0.05) is 17.8 Å². The first-order chi connectivity index (χ1) is 18.6. The van der Waals surface area contributed by atoms with Crippen LogP contribution in [0.25, 0.3) is 11.3 Å². The minimum absolute atomic E-state index is 0.00360. The summed E-state index contributed by atoms with van der Waals surface area (Å²) < 4.78 is 11.0. The van der Waals surface area contributed by atoms with Crippen molar-refractivity contribution in [3.63, 3.8) is 0 Å². The molecule has 0 spiro atoms. The molecule has 0 aliphatic carbocycles. The molecule has 2 amide bonds. The van der Waals surface area contributed by atoms with E-state index in [1.165, 1.54) is 49.1 Å². The summed E-state index contributed by atoms with van der Waals surface area (Å²) >= 11 is 0. The van der Waals surface area contributed by atoms with Gasteiger partial charge in [0.2, 0.25) is 0 Å². The SMILES string of the molecule is O=Nc1ccc2c(c1)N(C(=O)c1ccco1)C(=O)/C2=C(\Nc1ccc(CN2CCCC2)cc1)c1ccco1. The Labute approximate surface area is 218 Å². The highest BCUT2D eigenvalue weighted by Crippen LogP contribution is 2.43. The Balaban J connectivity index is 1.42. The molecule has 2 aliphatic rings. The topological polar surface area (TPSA) is 108 Å². The number of hydrogen-bond donors (Lipinski definition) is 1. The summed E-state index contributed by atoms with van der Waals surface area (Å²) in [6.45, 7) is 3.13. The Bertz CT molecular complexity index is 1520. The molecule has 190 valence electrons. The number of benzene rings is 2. The van der Waals surface area contributed by atoms with Gasteiger partial charge in [-0.15, -0.1) is 4.91 Å². The average molecular weight is 509 g/mol. The number of carbonyl (C=O) groups is 2. The third-order valence-electron chi connectivity index (χ3n) is 6.79. The summed E-state index contributed by atoms with van der Waals surface area (Å²) in [4.78, 5) is 41.9. The second-order valence-electron chi connectivity index (χ2n) is 9.25. The summed E-state index contributed by atoms with van der Waals surface area (Å²) in [5, 5.41) is 6.33. The Morgan fingerprint density at radius 3 is 2.29 bits per heavy atom. The molecule has 2 aromatic carbocycles. The number of nitrogens with zero attached hydrogens (tertiary/aromatic N) is 3. The molecule has 2 aromatic heterocycles. The summed E-state index contributed by atoms with van der Waals surface area (Å²) in [5.41, 5.74) is 3.39. The van der Waals surface area contributed by atoms with Crippen LogP contribution in [0.15, 0.2) is 93.3 Å². The van der Waals surface area contributed by atoms with Crippen molar-refractivity contribution >= 4 is 40.1 Å². The number of nitrogens with one attached hydrogen (secondary N) is 1. The number of nitroso groups, excluding NO2 is 1. The van der Waals surface area contributed by atoms with E-state index < -0.39 is 11.8 Å². The highest BCUT2D eigenvalue weighted by molar-refractivity contribution is 6.45. The predicted molar refractivity (Wildman–Crippen MR) is 143 cm³/mol. The van der Waals surface area contributed by atoms with E-state index in [2.05, 4.69) is 27.5 Å². The Morgan fingerprint density at radius 1 is 0.921 bits per heavy atom. The predicted octanol–water partition coefficient (Wildman–Crippen LogP) is 6.03. The van der Waals surface area contributed by atoms with Gasteiger partial charge < -0.3 is 14.2 Å². The fourth-order valence-corrected chi connectivity index (χ4v) is 4.97. The molecule has 0 radical (unpaired) electrons. The molecule has 1 fully saturated rings. The fourth-order valence-electron chi connectivity index (χ4n) is 4.97. The summed E-state index contributed by atoms with van der Waals surface area (Å²) in [5.74, 6) is -0.806. The number of carbonyl (C=O) groups excluding carboxylic acids is 2. The molecule has 0 saturated carbocycles. The van der Waals surface area contributed by atoms with Crippen LogP contribution >= 0.6 is 0 Å². The highest BCUT2D eigenvalue weighted by atomic mass is 16.3. The zero-order chi connectivity index (χ0) is 26.1. The van der Waals surface area contributed by atoms with E-state index in [1.807, 2.05) is 12.1 Å². The highest BCUT2D eigenvalue weighted by Gasteiger charge is 2.41. The van der Waals surface area contributed by atoms with Crippen LogP contribution in [0.5, 0.6) is 0 Å². The quantitative estimate of drug-likeness (QED) is 0.184. The van der Waals surface area contributed by atoms with Crippen molar-refractivity contribution in [1.29, 1.82) is 0 Å². The molecular formula is C29H24N4O5. The zero-order valence-electron chi connectivity index (χ0n) is 20.4. The molecule has 6 rings (SSSR count). The molecule has 0 unspecified atom stereocenters. The normalized spacial score (nSPS) is 16.5. The van der Waals surface area contributed by atoms with Crippen LogP contribution in [0.1, 0.15) is 40.3 Å². The number of fused-ring (bicyclic) bond motifs is 1. The maximum absolute atomic E-state index is 13.9. The van der Waals surface area contributed by atoms with Gasteiger partial charge in [-0.1, -0.05) is 12.1 Å². The van der Waals surface area contributed by atoms with E-state index >= 15 is 0 Å². The second kappa shape index (κ2) is 9.95. The van der Waals surface area contributed by atoms with E-state index in [4.69, 9.17) is 8.83 Å². The van der Waals surface area contributed by atoms with E-state index in [-0.39, 0.29) is 22.7 Å². The molecule has 9 heteroatoms. The molecule has 4 heterocycles. The summed E-state index contributed by atoms with van der Waals surface area (Å²) in [6.07, 6.45) is 5.35. The maximum Gasteiger partial charge on any atom is 0.301 e. The lowest BCUT2D eigenvalue weighted by Crippen LogP contribution is -2.33. The van der Waals surface area contributed by atoms with Gasteiger partial charge in [-0.2, -0.15) is 0 Å². The van der Waals surface area contributed by atoms with Crippen LogP contribution < -0.4 is 10.2 Å². The summed E-state index contributed by atoms with van der Waals surface area (Å²) in [6, 6.07) is 19.1. The van der Waals surface area contributed by atoms with Gasteiger partial charge in [0.05, 0.1) is 29.5 Å². The third-order valence-corrected chi connectivity index (χ3v) is 6.79. The van der Waals surface area contributed by atoms with Crippen molar-refractivity contribution < 1.29 is 18.4 Å². The van der Waals surface area contributed by atoms with Gasteiger partial charge in [0.25, 0.3) is 5.91 Å². The van der Waals surface area contributed by atoms with Gasteiger partial charge in [-0.05, 0) is 91.3 Å². The molecule has 2 aliphatic heterocycles. The lowest BCUT2D eigenvalue weighted by Gasteiger charge is -2.16. The van der Waals surface area contributed by atoms with Gasteiger partial charge in [-0.3, -0.25) is 14.5 Å². The molecular weight excluding hydrogens is 484 g/mol. The van der Waals surface area contributed by atoms with Crippen molar-refractivity contribution in [3.8, 4) is 0 Å². The zero-order valence-corrected chi connectivity index (χ0v) is 20.4. The average Bonchev–Trinajstić information content (AvgIpc) is 3.76. The van der Waals surface area contributed by atoms with Crippen LogP contribution in [0.4, 0.5) is 17.1 Å². The van der Waals surface area contributed by atoms with E-state index in [9.17, 15) is 14.5 Å². The van der Waals surface area contributed by atoms with Crippen molar-refractivity contribution in [3.05, 3.63) is 107 Å². The van der Waals surface area contributed by atoms with Gasteiger partial charge in [-0.25, -0.2) is 4.90 Å². The first-order valence-electron chi connectivity index (χ1n) is 12.4. The smallest absolute Gasteiger partial charge is 0.301 e. The lowest BCUT2D eigenvalue weighted by molar-refractivity contribution is -0.112. The number of amides is 2. The minimum atomic E-state index is -0.649. The molecule has 4 aromatic rings. The largest absolute Gasteiger partial charge is 0.463 e. The number of furan rings is 2. The number of hydrogen-bond acceptors (Lipinski definition) is 8. The molecule has 0 atom stereocenters. The van der Waals surface area contributed by atoms with Crippen LogP contribution in [0, 0.1) is 4.91 Å². The Kier molecular flexibility index (Phi) is 6.19. The van der Waals surface area contributed by atoms with Crippen molar-refractivity contribution in [2.75, 3.05) is 23.3 Å². The lowest BCUT2D eigenvalue weighted by atomic mass is 10.0. The van der Waals surface area contributed by atoms with Gasteiger partial charge in [0.1, 0.15) is 5.69 Å². The van der Waals surface area contributed by atoms with Crippen LogP contribution in [0.2, 0.25) is 0 Å². The van der Waals surface area contributed by atoms with Gasteiger partial charge in [0.15, 0.2) is 11.5 Å². The molecule has 9 nitrogen and oxygen atoms in total. The second-order valence-corrected chi connectivity index (χ2v) is 9.25. The van der Waals surface area contributed by atoms with Crippen molar-refractivity contribution in [1.82, 2.24) is 4.90 Å². The van der Waals surface area contributed by atoms with Crippen LogP contribution in [-0.4, -0.2) is 29.8 Å². The van der Waals surface area contributed by atoms with Crippen LogP contribution in [0.3, 0.4) is 0 Å². The van der Waals surface area contributed by atoms with Crippen molar-refractivity contribution in [2.45, 2.75) is 19.4 Å². The van der Waals surface area contributed by atoms with Crippen LogP contribution in [-0.2, 0) is 11.3 Å². The monoisotopic (exact) mass is 508 g/mol. The van der Waals surface area contributed by atoms with Gasteiger partial charge >= 0.3 is 5.91 Å². The number of imide groups is 1. The Morgan fingerprint density at radius 2 is 1.63 bits per heavy atom. The minimum Gasteiger partial charge on any atom is -0.463 e. The number of anilines is 2. The molecule has 0 bridgehead atoms. The van der Waals surface area contributed by atoms with Crippen molar-refractivity contribution in [2.24, 2.45) is 5.18 Å². The molecule has 1 N–H and O–H groups in total. The fraction of sp³-hybridized carbons (Fsp3) is 0.172. The molecule has 38 heavy (non-hydrogen) atoms. The first kappa shape index (κ1) is 23.6. The van der Waals surface area contributed by atoms with E-state index in [1.54, 1.807) is 24.3 Å². The number of likely N-dealkylation sites (tertiary alicyclic amines) is 1. The number of rotatable bonds is 7. The Hall–Kier alpha value is -4.76. The van der Waals surface area contributed by atoms with E-state index in [0.717, 1.165) is 30.2 Å². The standard InChI is InChI=1S/C29H24N4O5/c34-28(25-6-4-16-38-25)33-23-17-21(31-36)11-12-22(23)26(29(33)35)27(24-5-3-15-37-24)30-20-9-7-19(8-10-20)18-32-13-1-2-14-32/h3-12,15-17,30H,1-2,13-14,18H2/b27-26-. The maximum atomic E-state index is 13.9. The first-order valence-corrected chi connectivity index (χ1v) is 12.4. The third kappa shape index (κ3) is 4.33.